The number of rotatable bonds is 7. The molecule has 4 rings (SSSR count). The second-order valence-corrected chi connectivity index (χ2v) is 8.49. The fourth-order valence-corrected chi connectivity index (χ4v) is 3.84. The Kier molecular flexibility index (Phi) is 6.24. The Hall–Kier alpha value is -2.84. The lowest BCUT2D eigenvalue weighted by Gasteiger charge is -2.18. The van der Waals surface area contributed by atoms with Crippen molar-refractivity contribution in [1.82, 2.24) is 14.3 Å². The number of aliphatic hydroxyl groups is 2. The van der Waals surface area contributed by atoms with Crippen LogP contribution in [0, 0.1) is 0 Å². The molecule has 0 saturated carbocycles. The van der Waals surface area contributed by atoms with Crippen molar-refractivity contribution in [1.29, 1.82) is 0 Å². The van der Waals surface area contributed by atoms with E-state index in [4.69, 9.17) is 23.8 Å². The number of aliphatic hydroxyl groups excluding tert-OH is 2. The van der Waals surface area contributed by atoms with E-state index >= 15 is 0 Å². The van der Waals surface area contributed by atoms with Gasteiger partial charge in [-0.25, -0.2) is 9.36 Å². The molecule has 0 radical (unpaired) electrons. The minimum atomic E-state index is -4.85. The average molecular weight is 485 g/mol. The maximum atomic E-state index is 13.1. The van der Waals surface area contributed by atoms with E-state index in [9.17, 15) is 24.4 Å². The van der Waals surface area contributed by atoms with Gasteiger partial charge >= 0.3 is 13.5 Å². The van der Waals surface area contributed by atoms with Crippen LogP contribution < -0.4 is 16.0 Å². The Labute approximate surface area is 184 Å². The largest absolute Gasteiger partial charge is 0.497 e. The number of phosphoric acid groups is 1. The highest BCUT2D eigenvalue weighted by Gasteiger charge is 2.45. The van der Waals surface area contributed by atoms with Crippen molar-refractivity contribution in [3.05, 3.63) is 57.0 Å². The molecule has 4 atom stereocenters. The minimum Gasteiger partial charge on any atom is -0.497 e. The van der Waals surface area contributed by atoms with E-state index in [2.05, 4.69) is 9.68 Å². The zero-order chi connectivity index (χ0) is 23.9. The molecule has 3 aromatic rings. The summed E-state index contributed by atoms with van der Waals surface area (Å²) >= 11 is 0. The van der Waals surface area contributed by atoms with Crippen LogP contribution in [0.5, 0.6) is 5.75 Å². The topological polar surface area (TPSA) is 196 Å². The summed E-state index contributed by atoms with van der Waals surface area (Å²) < 4.78 is 32.7. The number of nitrogens with zero attached hydrogens (tertiary/aromatic N) is 3. The Balaban J connectivity index is 1.65. The van der Waals surface area contributed by atoms with Gasteiger partial charge in [-0.3, -0.25) is 18.5 Å². The molecule has 0 unspecified atom stereocenters. The molecule has 4 N–H and O–H groups in total. The fraction of sp³-hybridized carbons (Fsp3) is 0.389. The van der Waals surface area contributed by atoms with E-state index in [-0.39, 0.29) is 12.2 Å². The maximum absolute atomic E-state index is 13.1. The first kappa shape index (κ1) is 23.3. The van der Waals surface area contributed by atoms with Gasteiger partial charge in [0.2, 0.25) is 0 Å². The molecule has 2 aromatic heterocycles. The van der Waals surface area contributed by atoms with Gasteiger partial charge in [0.05, 0.1) is 25.6 Å². The van der Waals surface area contributed by atoms with Crippen molar-refractivity contribution >= 4 is 18.8 Å². The van der Waals surface area contributed by atoms with Crippen molar-refractivity contribution < 1.29 is 43.1 Å². The first-order valence-electron chi connectivity index (χ1n) is 9.55. The quantitative estimate of drug-likeness (QED) is 0.297. The molecule has 0 spiro atoms. The zero-order valence-corrected chi connectivity index (χ0v) is 17.9. The summed E-state index contributed by atoms with van der Waals surface area (Å²) in [5.74, 6) is 0.518. The third-order valence-electron chi connectivity index (χ3n) is 5.17. The Morgan fingerprint density at radius 2 is 1.94 bits per heavy atom. The van der Waals surface area contributed by atoms with Crippen molar-refractivity contribution in [2.45, 2.75) is 31.1 Å². The van der Waals surface area contributed by atoms with E-state index in [0.29, 0.717) is 16.7 Å². The van der Waals surface area contributed by atoms with Gasteiger partial charge in [-0.1, -0.05) is 5.16 Å². The third-order valence-corrected chi connectivity index (χ3v) is 5.66. The Bertz CT molecular complexity index is 1330. The Morgan fingerprint density at radius 1 is 1.18 bits per heavy atom. The summed E-state index contributed by atoms with van der Waals surface area (Å²) in [4.78, 5) is 43.1. The molecule has 1 aliphatic heterocycles. The molecule has 33 heavy (non-hydrogen) atoms. The van der Waals surface area contributed by atoms with Gasteiger partial charge in [-0.15, -0.1) is 0 Å². The number of phosphoric ester groups is 1. The van der Waals surface area contributed by atoms with E-state index in [1.165, 1.54) is 7.11 Å². The summed E-state index contributed by atoms with van der Waals surface area (Å²) in [5, 5.41) is 24.9. The highest BCUT2D eigenvalue weighted by atomic mass is 31.2. The minimum absolute atomic E-state index is 0.269. The molecule has 3 heterocycles. The smallest absolute Gasteiger partial charge is 0.469 e. The van der Waals surface area contributed by atoms with Crippen LogP contribution in [0.15, 0.2) is 44.6 Å². The van der Waals surface area contributed by atoms with Gasteiger partial charge in [0.1, 0.15) is 29.8 Å². The lowest BCUT2D eigenvalue weighted by molar-refractivity contribution is -0.0548. The molecule has 1 saturated heterocycles. The molecule has 15 heteroatoms. The van der Waals surface area contributed by atoms with Crippen molar-refractivity contribution in [2.24, 2.45) is 0 Å². The summed E-state index contributed by atoms with van der Waals surface area (Å²) in [6.45, 7) is -1.01. The van der Waals surface area contributed by atoms with Gasteiger partial charge in [0, 0.05) is 12.3 Å². The summed E-state index contributed by atoms with van der Waals surface area (Å²) in [7, 11) is -3.37. The molecule has 1 aliphatic rings. The van der Waals surface area contributed by atoms with Gasteiger partial charge in [-0.05, 0) is 18.2 Å². The molecular formula is C18H20N3O11P. The number of aromatic nitrogens is 3. The van der Waals surface area contributed by atoms with E-state index in [1.54, 1.807) is 18.2 Å². The maximum Gasteiger partial charge on any atom is 0.469 e. The highest BCUT2D eigenvalue weighted by Crippen LogP contribution is 2.38. The van der Waals surface area contributed by atoms with E-state index in [0.717, 1.165) is 21.4 Å². The molecular weight excluding hydrogens is 465 g/mol. The first-order chi connectivity index (χ1) is 15.6. The molecule has 0 aliphatic carbocycles. The second kappa shape index (κ2) is 8.83. The molecule has 0 amide bonds. The predicted octanol–water partition coefficient (Wildman–Crippen LogP) is -1.06. The lowest BCUT2D eigenvalue weighted by Crippen LogP contribution is -2.43. The van der Waals surface area contributed by atoms with Crippen LogP contribution in [-0.2, 0) is 20.4 Å². The SMILES string of the molecule is COc1ccc2onc(Cn3c(=O)ccn([C@@H]4O[C@H](COP(=O)(O)O)[C@H](O)[C@@H]4O)c3=O)c2c1. The number of ether oxygens (including phenoxy) is 2. The summed E-state index contributed by atoms with van der Waals surface area (Å²) in [6, 6.07) is 5.99. The fourth-order valence-electron chi connectivity index (χ4n) is 3.50. The van der Waals surface area contributed by atoms with Crippen molar-refractivity contribution in [3.8, 4) is 5.75 Å². The van der Waals surface area contributed by atoms with Crippen LogP contribution >= 0.6 is 7.82 Å². The predicted molar refractivity (Wildman–Crippen MR) is 109 cm³/mol. The number of fused-ring (bicyclic) bond motifs is 1. The number of benzene rings is 1. The number of hydrogen-bond acceptors (Lipinski definition) is 10. The van der Waals surface area contributed by atoms with Crippen LogP contribution in [0.25, 0.3) is 11.0 Å². The van der Waals surface area contributed by atoms with Crippen LogP contribution in [0.3, 0.4) is 0 Å². The average Bonchev–Trinajstić information content (AvgIpc) is 3.29. The lowest BCUT2D eigenvalue weighted by atomic mass is 10.1. The Morgan fingerprint density at radius 3 is 2.64 bits per heavy atom. The van der Waals surface area contributed by atoms with Gasteiger partial charge in [-0.2, -0.15) is 0 Å². The van der Waals surface area contributed by atoms with Crippen LogP contribution in [-0.4, -0.2) is 66.3 Å². The molecule has 14 nitrogen and oxygen atoms in total. The number of hydrogen-bond donors (Lipinski definition) is 4. The number of methoxy groups -OCH3 is 1. The van der Waals surface area contributed by atoms with Gasteiger partial charge in [0.25, 0.3) is 5.56 Å². The first-order valence-corrected chi connectivity index (χ1v) is 11.1. The second-order valence-electron chi connectivity index (χ2n) is 7.25. The zero-order valence-electron chi connectivity index (χ0n) is 17.0. The van der Waals surface area contributed by atoms with Gasteiger partial charge < -0.3 is 34.0 Å². The van der Waals surface area contributed by atoms with Gasteiger partial charge in [0.15, 0.2) is 11.8 Å². The highest BCUT2D eigenvalue weighted by molar-refractivity contribution is 7.46. The molecule has 1 aromatic carbocycles. The summed E-state index contributed by atoms with van der Waals surface area (Å²) in [5.41, 5.74) is -0.846. The molecule has 1 fully saturated rings. The normalized spacial score (nSPS) is 23.3. The van der Waals surface area contributed by atoms with Crippen molar-refractivity contribution in [2.75, 3.05) is 13.7 Å². The summed E-state index contributed by atoms with van der Waals surface area (Å²) in [6.07, 6.45) is -4.95. The molecule has 0 bridgehead atoms. The van der Waals surface area contributed by atoms with Crippen LogP contribution in [0.1, 0.15) is 11.9 Å². The van der Waals surface area contributed by atoms with Crippen LogP contribution in [0.4, 0.5) is 0 Å². The van der Waals surface area contributed by atoms with E-state index in [1.807, 2.05) is 0 Å². The third kappa shape index (κ3) is 4.63. The monoisotopic (exact) mass is 485 g/mol. The molecule has 178 valence electrons. The van der Waals surface area contributed by atoms with Crippen LogP contribution in [0.2, 0.25) is 0 Å². The standard InChI is InChI=1S/C18H20N3O11P/c1-29-9-2-3-12-10(6-9)11(19-32-12)7-21-14(22)4-5-20(18(21)25)17-16(24)15(23)13(31-17)8-30-33(26,27)28/h2-6,13,15-17,23-24H,7-8H2,1H3,(H2,26,27,28)/t13-,15+,16+,17-/m1/s1. The van der Waals surface area contributed by atoms with E-state index < -0.39 is 50.2 Å². The van der Waals surface area contributed by atoms with Crippen molar-refractivity contribution in [3.63, 3.8) is 0 Å².